The Kier molecular flexibility index (Phi) is 4.62. The van der Waals surface area contributed by atoms with Crippen LogP contribution >= 0.6 is 23.2 Å². The highest BCUT2D eigenvalue weighted by molar-refractivity contribution is 6.42. The molecule has 0 N–H and O–H groups in total. The third kappa shape index (κ3) is 3.05. The van der Waals surface area contributed by atoms with Crippen molar-refractivity contribution in [2.45, 2.75) is 25.0 Å². The van der Waals surface area contributed by atoms with Gasteiger partial charge in [0.15, 0.2) is 5.43 Å². The van der Waals surface area contributed by atoms with Crippen molar-refractivity contribution in [3.63, 3.8) is 0 Å². The number of hydrogen-bond acceptors (Lipinski definition) is 4. The first-order valence-electron chi connectivity index (χ1n) is 9.48. The van der Waals surface area contributed by atoms with E-state index in [-0.39, 0.29) is 23.2 Å². The van der Waals surface area contributed by atoms with Gasteiger partial charge in [-0.2, -0.15) is 0 Å². The molecule has 1 amide bonds. The summed E-state index contributed by atoms with van der Waals surface area (Å²) in [5, 5.41) is 1.23. The van der Waals surface area contributed by atoms with E-state index in [1.807, 2.05) is 0 Å². The Morgan fingerprint density at radius 1 is 1.07 bits per heavy atom. The third-order valence-corrected chi connectivity index (χ3v) is 6.30. The van der Waals surface area contributed by atoms with Crippen molar-refractivity contribution in [2.24, 2.45) is 0 Å². The van der Waals surface area contributed by atoms with E-state index in [1.54, 1.807) is 47.4 Å². The Morgan fingerprint density at radius 3 is 2.66 bits per heavy atom. The highest BCUT2D eigenvalue weighted by Crippen LogP contribution is 2.40. The van der Waals surface area contributed by atoms with Crippen LogP contribution in [0.15, 0.2) is 51.7 Å². The van der Waals surface area contributed by atoms with Crippen molar-refractivity contribution in [2.75, 3.05) is 13.2 Å². The molecule has 7 heteroatoms. The minimum atomic E-state index is -0.600. The van der Waals surface area contributed by atoms with Crippen LogP contribution in [0.3, 0.4) is 0 Å². The molecule has 2 aliphatic heterocycles. The van der Waals surface area contributed by atoms with Crippen LogP contribution in [0.5, 0.6) is 0 Å². The normalized spacial score (nSPS) is 21.2. The summed E-state index contributed by atoms with van der Waals surface area (Å²) in [6.45, 7) is 1.06. The van der Waals surface area contributed by atoms with Gasteiger partial charge < -0.3 is 14.1 Å². The van der Waals surface area contributed by atoms with E-state index in [0.717, 1.165) is 12.8 Å². The highest BCUT2D eigenvalue weighted by atomic mass is 35.5. The average molecular weight is 430 g/mol. The largest absolute Gasteiger partial charge is 0.450 e. The first-order chi connectivity index (χ1) is 14.0. The smallest absolute Gasteiger partial charge is 0.291 e. The van der Waals surface area contributed by atoms with Gasteiger partial charge in [0.2, 0.25) is 5.76 Å². The van der Waals surface area contributed by atoms with Gasteiger partial charge in [-0.1, -0.05) is 41.4 Å². The van der Waals surface area contributed by atoms with E-state index in [1.165, 1.54) is 0 Å². The molecule has 0 radical (unpaired) electrons. The van der Waals surface area contributed by atoms with E-state index in [2.05, 4.69) is 0 Å². The molecule has 0 spiro atoms. The van der Waals surface area contributed by atoms with Crippen LogP contribution in [0.2, 0.25) is 10.0 Å². The molecular weight excluding hydrogens is 413 g/mol. The van der Waals surface area contributed by atoms with Gasteiger partial charge in [0.1, 0.15) is 5.58 Å². The van der Waals surface area contributed by atoms with Crippen LogP contribution in [-0.4, -0.2) is 30.1 Å². The van der Waals surface area contributed by atoms with E-state index >= 15 is 0 Å². The number of rotatable bonds is 3. The molecule has 3 aromatic rings. The van der Waals surface area contributed by atoms with Gasteiger partial charge in [-0.3, -0.25) is 9.59 Å². The molecule has 2 unspecified atom stereocenters. The van der Waals surface area contributed by atoms with Crippen molar-refractivity contribution >= 4 is 40.1 Å². The maximum atomic E-state index is 13.4. The van der Waals surface area contributed by atoms with Gasteiger partial charge in [-0.25, -0.2) is 0 Å². The van der Waals surface area contributed by atoms with Crippen LogP contribution in [0, 0.1) is 0 Å². The zero-order chi connectivity index (χ0) is 20.1. The Labute approximate surface area is 176 Å². The topological polar surface area (TPSA) is 59.8 Å². The number of hydrogen-bond donors (Lipinski definition) is 0. The lowest BCUT2D eigenvalue weighted by Crippen LogP contribution is -2.36. The lowest BCUT2D eigenvalue weighted by atomic mass is 9.98. The van der Waals surface area contributed by atoms with E-state index in [4.69, 9.17) is 32.4 Å². The summed E-state index contributed by atoms with van der Waals surface area (Å²) in [7, 11) is 0. The van der Waals surface area contributed by atoms with Crippen molar-refractivity contribution in [3.05, 3.63) is 79.6 Å². The van der Waals surface area contributed by atoms with Gasteiger partial charge in [0.05, 0.1) is 33.1 Å². The Hall–Kier alpha value is -2.34. The van der Waals surface area contributed by atoms with Gasteiger partial charge in [-0.15, -0.1) is 0 Å². The average Bonchev–Trinajstić information content (AvgIpc) is 3.32. The van der Waals surface area contributed by atoms with Gasteiger partial charge >= 0.3 is 0 Å². The lowest BCUT2D eigenvalue weighted by Gasteiger charge is -2.27. The SMILES string of the molecule is O=C1c2oc3ccccc3c(=O)c2C(c2ccc(Cl)c(Cl)c2)N1CC1CCCO1. The first kappa shape index (κ1) is 18.7. The van der Waals surface area contributed by atoms with Crippen LogP contribution in [0.25, 0.3) is 11.0 Å². The highest BCUT2D eigenvalue weighted by Gasteiger charge is 2.44. The number of carbonyl (C=O) groups is 1. The summed E-state index contributed by atoms with van der Waals surface area (Å²) < 4.78 is 11.7. The quantitative estimate of drug-likeness (QED) is 0.598. The number of para-hydroxylation sites is 1. The molecule has 1 saturated heterocycles. The van der Waals surface area contributed by atoms with Crippen molar-refractivity contribution in [3.8, 4) is 0 Å². The fourth-order valence-electron chi connectivity index (χ4n) is 4.19. The zero-order valence-corrected chi connectivity index (χ0v) is 16.9. The lowest BCUT2D eigenvalue weighted by molar-refractivity contribution is 0.0486. The molecule has 1 fully saturated rings. The molecule has 2 atom stereocenters. The molecular formula is C22H17Cl2NO4. The predicted octanol–water partition coefficient (Wildman–Crippen LogP) is 4.82. The second-order valence-electron chi connectivity index (χ2n) is 7.34. The van der Waals surface area contributed by atoms with Crippen LogP contribution in [-0.2, 0) is 4.74 Å². The van der Waals surface area contributed by atoms with Gasteiger partial charge in [-0.05, 0) is 42.7 Å². The number of amides is 1. The maximum Gasteiger partial charge on any atom is 0.291 e. The second kappa shape index (κ2) is 7.17. The molecule has 0 bridgehead atoms. The van der Waals surface area contributed by atoms with Crippen molar-refractivity contribution < 1.29 is 13.9 Å². The molecule has 3 heterocycles. The Bertz CT molecular complexity index is 1180. The predicted molar refractivity (Wildman–Crippen MR) is 111 cm³/mol. The van der Waals surface area contributed by atoms with E-state index in [0.29, 0.717) is 45.3 Å². The van der Waals surface area contributed by atoms with Crippen LogP contribution in [0.1, 0.15) is 40.6 Å². The standard InChI is InChI=1S/C22H17Cl2NO4/c23-15-8-7-12(10-16(15)24)19-18-20(26)14-5-1-2-6-17(14)29-21(18)22(27)25(19)11-13-4-3-9-28-13/h1-2,5-8,10,13,19H,3-4,9,11H2. The fraction of sp³-hybridized carbons (Fsp3) is 0.273. The van der Waals surface area contributed by atoms with E-state index < -0.39 is 6.04 Å². The number of nitrogens with zero attached hydrogens (tertiary/aromatic N) is 1. The number of halogens is 2. The number of ether oxygens (including phenoxy) is 1. The Morgan fingerprint density at radius 2 is 1.90 bits per heavy atom. The number of fused-ring (bicyclic) bond motifs is 2. The molecule has 0 saturated carbocycles. The van der Waals surface area contributed by atoms with Gasteiger partial charge in [0, 0.05) is 13.2 Å². The fourth-order valence-corrected chi connectivity index (χ4v) is 4.50. The third-order valence-electron chi connectivity index (χ3n) is 5.56. The number of carbonyl (C=O) groups excluding carboxylic acids is 1. The minimum Gasteiger partial charge on any atom is -0.450 e. The Balaban J connectivity index is 1.71. The van der Waals surface area contributed by atoms with Crippen LogP contribution in [0.4, 0.5) is 0 Å². The molecule has 29 heavy (non-hydrogen) atoms. The van der Waals surface area contributed by atoms with Crippen molar-refractivity contribution in [1.29, 1.82) is 0 Å². The summed E-state index contributed by atoms with van der Waals surface area (Å²) >= 11 is 12.3. The second-order valence-corrected chi connectivity index (χ2v) is 8.15. The summed E-state index contributed by atoms with van der Waals surface area (Å²) in [6.07, 6.45) is 1.76. The molecule has 5 nitrogen and oxygen atoms in total. The summed E-state index contributed by atoms with van der Waals surface area (Å²) in [5.74, 6) is -0.225. The molecule has 5 rings (SSSR count). The zero-order valence-electron chi connectivity index (χ0n) is 15.4. The maximum absolute atomic E-state index is 13.4. The molecule has 2 aromatic carbocycles. The van der Waals surface area contributed by atoms with Gasteiger partial charge in [0.25, 0.3) is 5.91 Å². The molecule has 1 aromatic heterocycles. The minimum absolute atomic E-state index is 0.0666. The molecule has 2 aliphatic rings. The van der Waals surface area contributed by atoms with E-state index in [9.17, 15) is 9.59 Å². The van der Waals surface area contributed by atoms with Crippen LogP contribution < -0.4 is 5.43 Å². The summed E-state index contributed by atoms with van der Waals surface area (Å²) in [6, 6.07) is 11.5. The van der Waals surface area contributed by atoms with Crippen molar-refractivity contribution in [1.82, 2.24) is 4.90 Å². The monoisotopic (exact) mass is 429 g/mol. The summed E-state index contributed by atoms with van der Waals surface area (Å²) in [4.78, 5) is 28.3. The number of benzene rings is 2. The molecule has 0 aliphatic carbocycles. The summed E-state index contributed by atoms with van der Waals surface area (Å²) in [5.41, 5.74) is 1.25. The first-order valence-corrected chi connectivity index (χ1v) is 10.2. The molecule has 148 valence electrons.